The molecule has 4 rings (SSSR count). The molecule has 0 amide bonds. The van der Waals surface area contributed by atoms with Gasteiger partial charge >= 0.3 is 0 Å². The summed E-state index contributed by atoms with van der Waals surface area (Å²) in [6, 6.07) is 31.3. The van der Waals surface area contributed by atoms with Crippen LogP contribution < -0.4 is 10.0 Å². The molecular formula is C28H31ClN2O2S. The van der Waals surface area contributed by atoms with Gasteiger partial charge in [-0.05, 0) is 54.3 Å². The van der Waals surface area contributed by atoms with E-state index in [1.165, 1.54) is 16.3 Å². The van der Waals surface area contributed by atoms with E-state index < -0.39 is 10.0 Å². The Morgan fingerprint density at radius 1 is 0.794 bits per heavy atom. The number of hydrogen-bond acceptors (Lipinski definition) is 3. The van der Waals surface area contributed by atoms with Crippen molar-refractivity contribution in [1.29, 1.82) is 0 Å². The molecule has 2 unspecified atom stereocenters. The van der Waals surface area contributed by atoms with Crippen molar-refractivity contribution in [3.05, 3.63) is 114 Å². The predicted molar refractivity (Wildman–Crippen MR) is 143 cm³/mol. The van der Waals surface area contributed by atoms with Crippen molar-refractivity contribution >= 4 is 33.2 Å². The summed E-state index contributed by atoms with van der Waals surface area (Å²) in [4.78, 5) is 0.285. The van der Waals surface area contributed by atoms with E-state index in [4.69, 9.17) is 0 Å². The molecule has 4 aromatic rings. The van der Waals surface area contributed by atoms with Gasteiger partial charge in [-0.25, -0.2) is 13.1 Å². The minimum Gasteiger partial charge on any atom is -0.309 e. The van der Waals surface area contributed by atoms with E-state index in [9.17, 15) is 8.42 Å². The van der Waals surface area contributed by atoms with Crippen LogP contribution in [0.5, 0.6) is 0 Å². The minimum absolute atomic E-state index is 0. The van der Waals surface area contributed by atoms with Gasteiger partial charge < -0.3 is 5.32 Å². The molecule has 4 nitrogen and oxygen atoms in total. The third kappa shape index (κ3) is 6.45. The molecule has 0 aliphatic rings. The Morgan fingerprint density at radius 2 is 1.44 bits per heavy atom. The Balaban J connectivity index is 0.00000324. The normalized spacial score (nSPS) is 13.2. The van der Waals surface area contributed by atoms with Gasteiger partial charge in [-0.1, -0.05) is 90.5 Å². The molecule has 0 saturated heterocycles. The van der Waals surface area contributed by atoms with E-state index in [1.54, 1.807) is 12.1 Å². The van der Waals surface area contributed by atoms with Crippen molar-refractivity contribution < 1.29 is 8.42 Å². The average Bonchev–Trinajstić information content (AvgIpc) is 2.82. The molecule has 0 aromatic heterocycles. The highest BCUT2D eigenvalue weighted by atomic mass is 35.5. The van der Waals surface area contributed by atoms with E-state index >= 15 is 0 Å². The molecule has 0 heterocycles. The Morgan fingerprint density at radius 3 is 2.18 bits per heavy atom. The summed E-state index contributed by atoms with van der Waals surface area (Å²) >= 11 is 0. The predicted octanol–water partition coefficient (Wildman–Crippen LogP) is 5.81. The van der Waals surface area contributed by atoms with Crippen LogP contribution in [0.2, 0.25) is 0 Å². The van der Waals surface area contributed by atoms with E-state index in [1.807, 2.05) is 61.5 Å². The van der Waals surface area contributed by atoms with Crippen molar-refractivity contribution in [2.75, 3.05) is 6.54 Å². The fraction of sp³-hybridized carbons (Fsp3) is 0.214. The molecule has 0 aliphatic heterocycles. The minimum atomic E-state index is -3.63. The highest BCUT2D eigenvalue weighted by molar-refractivity contribution is 7.89. The van der Waals surface area contributed by atoms with E-state index in [-0.39, 0.29) is 29.4 Å². The lowest BCUT2D eigenvalue weighted by atomic mass is 9.99. The third-order valence-corrected chi connectivity index (χ3v) is 7.47. The zero-order chi connectivity index (χ0) is 23.3. The van der Waals surface area contributed by atoms with Gasteiger partial charge in [-0.3, -0.25) is 0 Å². The molecule has 0 fully saturated rings. The van der Waals surface area contributed by atoms with Gasteiger partial charge in [0.2, 0.25) is 10.0 Å². The summed E-state index contributed by atoms with van der Waals surface area (Å²) < 4.78 is 29.1. The van der Waals surface area contributed by atoms with Gasteiger partial charge in [0.15, 0.2) is 0 Å². The van der Waals surface area contributed by atoms with Crippen LogP contribution in [0, 0.1) is 6.92 Å². The van der Waals surface area contributed by atoms with Gasteiger partial charge in [0, 0.05) is 18.6 Å². The number of nitrogens with one attached hydrogen (secondary N) is 2. The van der Waals surface area contributed by atoms with Crippen LogP contribution in [0.3, 0.4) is 0 Å². The summed E-state index contributed by atoms with van der Waals surface area (Å²) in [6.45, 7) is 4.57. The summed E-state index contributed by atoms with van der Waals surface area (Å²) in [5.41, 5.74) is 3.32. The standard InChI is InChI=1S/C28H30N2O2S.ClH/c1-21-15-17-26(18-16-21)33(31,32)30-25(19-23-9-4-3-5-10-23)20-29-22(2)27-14-8-12-24-11-6-7-13-28(24)27;/h3-18,22,25,29-30H,19-20H2,1-2H3;1H. The molecule has 0 saturated carbocycles. The van der Waals surface area contributed by atoms with E-state index in [0.717, 1.165) is 11.1 Å². The molecule has 2 atom stereocenters. The smallest absolute Gasteiger partial charge is 0.240 e. The number of halogens is 1. The van der Waals surface area contributed by atoms with Crippen molar-refractivity contribution in [3.8, 4) is 0 Å². The number of fused-ring (bicyclic) bond motifs is 1. The average molecular weight is 495 g/mol. The lowest BCUT2D eigenvalue weighted by molar-refractivity contribution is 0.482. The summed E-state index contributed by atoms with van der Waals surface area (Å²) in [5.74, 6) is 0. The zero-order valence-corrected chi connectivity index (χ0v) is 21.1. The first-order valence-corrected chi connectivity index (χ1v) is 12.7. The maximum Gasteiger partial charge on any atom is 0.240 e. The summed E-state index contributed by atoms with van der Waals surface area (Å²) in [6.07, 6.45) is 0.598. The fourth-order valence-corrected chi connectivity index (χ4v) is 5.35. The summed E-state index contributed by atoms with van der Waals surface area (Å²) in [5, 5.41) is 5.97. The topological polar surface area (TPSA) is 58.2 Å². The van der Waals surface area contributed by atoms with Crippen molar-refractivity contribution in [2.45, 2.75) is 37.2 Å². The van der Waals surface area contributed by atoms with Gasteiger partial charge in [0.25, 0.3) is 0 Å². The highest BCUT2D eigenvalue weighted by Crippen LogP contribution is 2.24. The molecule has 0 aliphatic carbocycles. The lowest BCUT2D eigenvalue weighted by Gasteiger charge is -2.23. The SMILES string of the molecule is Cc1ccc(S(=O)(=O)NC(CNC(C)c2cccc3ccccc23)Cc2ccccc2)cc1.Cl. The Hall–Kier alpha value is -2.70. The largest absolute Gasteiger partial charge is 0.309 e. The molecule has 6 heteroatoms. The number of sulfonamides is 1. The second-order valence-electron chi connectivity index (χ2n) is 8.52. The first kappa shape index (κ1) is 25.9. The van der Waals surface area contributed by atoms with Crippen molar-refractivity contribution in [1.82, 2.24) is 10.0 Å². The Bertz CT molecular complexity index is 1300. The van der Waals surface area contributed by atoms with Gasteiger partial charge in [0.1, 0.15) is 0 Å². The number of rotatable bonds is 9. The highest BCUT2D eigenvalue weighted by Gasteiger charge is 2.21. The number of hydrogen-bond donors (Lipinski definition) is 2. The van der Waals surface area contributed by atoms with Crippen LogP contribution in [0.15, 0.2) is 102 Å². The lowest BCUT2D eigenvalue weighted by Crippen LogP contribution is -2.44. The van der Waals surface area contributed by atoms with Crippen molar-refractivity contribution in [3.63, 3.8) is 0 Å². The van der Waals surface area contributed by atoms with Crippen LogP contribution in [-0.2, 0) is 16.4 Å². The molecule has 0 bridgehead atoms. The maximum absolute atomic E-state index is 13.1. The third-order valence-electron chi connectivity index (χ3n) is 5.94. The Kier molecular flexibility index (Phi) is 8.86. The van der Waals surface area contributed by atoms with Gasteiger partial charge in [0.05, 0.1) is 4.90 Å². The molecule has 0 spiro atoms. The van der Waals surface area contributed by atoms with Crippen LogP contribution in [0.25, 0.3) is 10.8 Å². The van der Waals surface area contributed by atoms with Crippen LogP contribution in [0.4, 0.5) is 0 Å². The van der Waals surface area contributed by atoms with E-state index in [0.29, 0.717) is 13.0 Å². The molecule has 2 N–H and O–H groups in total. The summed E-state index contributed by atoms with van der Waals surface area (Å²) in [7, 11) is -3.63. The number of aryl methyl sites for hydroxylation is 1. The quantitative estimate of drug-likeness (QED) is 0.308. The van der Waals surface area contributed by atoms with Gasteiger partial charge in [-0.15, -0.1) is 12.4 Å². The number of benzene rings is 4. The molecule has 4 aromatic carbocycles. The zero-order valence-electron chi connectivity index (χ0n) is 19.4. The van der Waals surface area contributed by atoms with Gasteiger partial charge in [-0.2, -0.15) is 0 Å². The van der Waals surface area contributed by atoms with Crippen molar-refractivity contribution in [2.24, 2.45) is 0 Å². The first-order chi connectivity index (χ1) is 15.9. The van der Waals surface area contributed by atoms with E-state index in [2.05, 4.69) is 47.3 Å². The molecule has 0 radical (unpaired) electrons. The van der Waals surface area contributed by atoms with Crippen LogP contribution >= 0.6 is 12.4 Å². The Labute approximate surface area is 208 Å². The molecule has 178 valence electrons. The molecular weight excluding hydrogens is 464 g/mol. The second kappa shape index (κ2) is 11.6. The van der Waals surface area contributed by atoms with Crippen LogP contribution in [-0.4, -0.2) is 21.0 Å². The fourth-order valence-electron chi connectivity index (χ4n) is 4.12. The maximum atomic E-state index is 13.1. The van der Waals surface area contributed by atoms with Crippen LogP contribution in [0.1, 0.15) is 29.7 Å². The molecule has 34 heavy (non-hydrogen) atoms. The monoisotopic (exact) mass is 494 g/mol. The second-order valence-corrected chi connectivity index (χ2v) is 10.2. The first-order valence-electron chi connectivity index (χ1n) is 11.3.